The van der Waals surface area contributed by atoms with Gasteiger partial charge < -0.3 is 16.9 Å². The lowest BCUT2D eigenvalue weighted by Gasteiger charge is -2.24. The molecule has 1 aliphatic rings. The van der Waals surface area contributed by atoms with Gasteiger partial charge in [-0.1, -0.05) is 6.07 Å². The number of hydrogen-bond acceptors (Lipinski definition) is 6. The van der Waals surface area contributed by atoms with E-state index in [9.17, 15) is 13.2 Å². The summed E-state index contributed by atoms with van der Waals surface area (Å²) in [7, 11) is 1.21. The quantitative estimate of drug-likeness (QED) is 0.233. The molecule has 0 aliphatic heterocycles. The van der Waals surface area contributed by atoms with Crippen molar-refractivity contribution < 1.29 is 13.2 Å². The largest absolute Gasteiger partial charge is 0.433 e. The number of benzene rings is 2. The minimum absolute atomic E-state index is 0.105. The molecule has 7 nitrogen and oxygen atoms in total. The van der Waals surface area contributed by atoms with Crippen molar-refractivity contribution in [1.82, 2.24) is 14.8 Å². The lowest BCUT2D eigenvalue weighted by atomic mass is 9.83. The second-order valence-electron chi connectivity index (χ2n) is 8.95. The van der Waals surface area contributed by atoms with Crippen molar-refractivity contribution in [3.8, 4) is 11.3 Å². The van der Waals surface area contributed by atoms with Gasteiger partial charge in [0.15, 0.2) is 0 Å². The number of nitrogen functional groups attached to an aromatic ring is 2. The van der Waals surface area contributed by atoms with Gasteiger partial charge in [0.2, 0.25) is 0 Å². The highest BCUT2D eigenvalue weighted by atomic mass is 19.4. The number of fused-ring (bicyclic) bond motifs is 3. The predicted octanol–water partition coefficient (Wildman–Crippen LogP) is 5.11. The average Bonchev–Trinajstić information content (AvgIpc) is 3.26. The number of alkyl halides is 3. The zero-order chi connectivity index (χ0) is 25.8. The van der Waals surface area contributed by atoms with Crippen molar-refractivity contribution in [2.75, 3.05) is 11.5 Å². The Morgan fingerprint density at radius 3 is 2.39 bits per heavy atom. The minimum Gasteiger partial charge on any atom is -0.398 e. The van der Waals surface area contributed by atoms with Crippen LogP contribution in [0.3, 0.4) is 0 Å². The lowest BCUT2D eigenvalue weighted by Crippen LogP contribution is -2.13. The molecule has 0 atom stereocenters. The van der Waals surface area contributed by atoms with E-state index >= 15 is 0 Å². The van der Waals surface area contributed by atoms with Crippen LogP contribution in [-0.2, 0) is 26.1 Å². The number of hydrogen-bond donors (Lipinski definition) is 4. The maximum absolute atomic E-state index is 13.4. The molecule has 0 spiro atoms. The molecule has 6 N–H and O–H groups in total. The Kier molecular flexibility index (Phi) is 5.54. The summed E-state index contributed by atoms with van der Waals surface area (Å²) < 4.78 is 40.9. The van der Waals surface area contributed by atoms with Gasteiger partial charge in [-0.05, 0) is 67.1 Å². The highest BCUT2D eigenvalue weighted by molar-refractivity contribution is 6.21. The zero-order valence-electron chi connectivity index (χ0n) is 19.5. The fourth-order valence-electron chi connectivity index (χ4n) is 4.97. The van der Waals surface area contributed by atoms with Crippen LogP contribution in [0.1, 0.15) is 46.5 Å². The third-order valence-electron chi connectivity index (χ3n) is 6.70. The van der Waals surface area contributed by atoms with Crippen LogP contribution >= 0.6 is 0 Å². The Hall–Kier alpha value is -4.21. The Bertz CT molecular complexity index is 1550. The Labute approximate surface area is 205 Å². The van der Waals surface area contributed by atoms with Gasteiger partial charge in [0.1, 0.15) is 11.4 Å². The van der Waals surface area contributed by atoms with Crippen LogP contribution in [0.5, 0.6) is 0 Å². The van der Waals surface area contributed by atoms with E-state index in [2.05, 4.69) is 5.10 Å². The molecule has 0 bridgehead atoms. The maximum atomic E-state index is 13.4. The first-order chi connectivity index (χ1) is 17.1. The fourth-order valence-corrected chi connectivity index (χ4v) is 4.97. The fraction of sp³-hybridized carbons (Fsp3) is 0.231. The predicted molar refractivity (Wildman–Crippen MR) is 135 cm³/mol. The minimum atomic E-state index is -4.59. The Morgan fingerprint density at radius 2 is 1.72 bits per heavy atom. The van der Waals surface area contributed by atoms with Crippen molar-refractivity contribution in [1.29, 1.82) is 10.8 Å². The molecule has 0 fully saturated rings. The molecule has 2 heterocycles. The molecule has 0 radical (unpaired) electrons. The van der Waals surface area contributed by atoms with Crippen LogP contribution in [-0.4, -0.2) is 26.7 Å². The molecular formula is C26H24F3N7. The van der Waals surface area contributed by atoms with Gasteiger partial charge in [-0.3, -0.25) is 10.1 Å². The molecule has 0 saturated heterocycles. The number of pyridine rings is 1. The topological polar surface area (TPSA) is 130 Å². The van der Waals surface area contributed by atoms with E-state index in [0.717, 1.165) is 58.8 Å². The van der Waals surface area contributed by atoms with Gasteiger partial charge in [0, 0.05) is 46.7 Å². The summed E-state index contributed by atoms with van der Waals surface area (Å²) in [5.41, 5.74) is 17.0. The Balaban J connectivity index is 1.75. The number of nitrogens with two attached hydrogens (primary N) is 2. The standard InChI is InChI=1S/C26H24F3N7/c1-36-21(26(27,28)29)11-20(35-36)24(33)23-18(32)8-9-19-22(23)15-4-2-3-5-16(15)25(34-19)13-6-7-17(31)14(10-13)12-30/h6-12,30,33H,2-5,31-32H2,1H3. The van der Waals surface area contributed by atoms with E-state index in [0.29, 0.717) is 27.7 Å². The molecule has 184 valence electrons. The van der Waals surface area contributed by atoms with E-state index in [1.54, 1.807) is 18.2 Å². The first-order valence-electron chi connectivity index (χ1n) is 11.4. The summed E-state index contributed by atoms with van der Waals surface area (Å²) in [6, 6.07) is 9.73. The normalized spacial score (nSPS) is 13.6. The van der Waals surface area contributed by atoms with E-state index < -0.39 is 11.9 Å². The van der Waals surface area contributed by atoms with E-state index in [1.807, 2.05) is 12.1 Å². The summed E-state index contributed by atoms with van der Waals surface area (Å²) >= 11 is 0. The van der Waals surface area contributed by atoms with Crippen LogP contribution in [0.4, 0.5) is 24.5 Å². The van der Waals surface area contributed by atoms with Gasteiger partial charge in [-0.25, -0.2) is 4.98 Å². The summed E-state index contributed by atoms with van der Waals surface area (Å²) in [5.74, 6) is 0. The molecule has 2 aromatic carbocycles. The molecule has 10 heteroatoms. The molecule has 5 rings (SSSR count). The SMILES string of the molecule is Cn1nc(C(=N)c2c(N)ccc3nc(-c4ccc(N)c(C=N)c4)c4c(c23)CCCC4)cc1C(F)(F)F. The second kappa shape index (κ2) is 8.47. The molecule has 0 saturated carbocycles. The summed E-state index contributed by atoms with van der Waals surface area (Å²) in [4.78, 5) is 4.93. The summed E-state index contributed by atoms with van der Waals surface area (Å²) in [6.07, 6.45) is 0.00418. The molecule has 36 heavy (non-hydrogen) atoms. The number of nitrogens with one attached hydrogen (secondary N) is 2. The first kappa shape index (κ1) is 23.5. The van der Waals surface area contributed by atoms with Gasteiger partial charge in [-0.2, -0.15) is 18.3 Å². The molecule has 0 amide bonds. The molecule has 1 aliphatic carbocycles. The highest BCUT2D eigenvalue weighted by Crippen LogP contribution is 2.39. The van der Waals surface area contributed by atoms with Crippen molar-refractivity contribution in [2.24, 2.45) is 7.05 Å². The van der Waals surface area contributed by atoms with E-state index in [4.69, 9.17) is 27.3 Å². The third kappa shape index (κ3) is 3.78. The molecule has 0 unspecified atom stereocenters. The van der Waals surface area contributed by atoms with Crippen LogP contribution < -0.4 is 11.5 Å². The van der Waals surface area contributed by atoms with Crippen molar-refractivity contribution >= 4 is 34.2 Å². The van der Waals surface area contributed by atoms with Gasteiger partial charge in [-0.15, -0.1) is 0 Å². The summed E-state index contributed by atoms with van der Waals surface area (Å²) in [5, 5.41) is 21.1. The lowest BCUT2D eigenvalue weighted by molar-refractivity contribution is -0.143. The van der Waals surface area contributed by atoms with E-state index in [1.165, 1.54) is 13.3 Å². The number of halogens is 3. The van der Waals surface area contributed by atoms with Gasteiger partial charge in [0.05, 0.1) is 16.9 Å². The summed E-state index contributed by atoms with van der Waals surface area (Å²) in [6.45, 7) is 0. The smallest absolute Gasteiger partial charge is 0.398 e. The van der Waals surface area contributed by atoms with Crippen molar-refractivity contribution in [2.45, 2.75) is 31.9 Å². The maximum Gasteiger partial charge on any atom is 0.433 e. The van der Waals surface area contributed by atoms with Gasteiger partial charge >= 0.3 is 6.18 Å². The van der Waals surface area contributed by atoms with Crippen LogP contribution in [0.15, 0.2) is 36.4 Å². The Morgan fingerprint density at radius 1 is 1.03 bits per heavy atom. The number of aromatic nitrogens is 3. The zero-order valence-corrected chi connectivity index (χ0v) is 19.5. The van der Waals surface area contributed by atoms with Crippen molar-refractivity contribution in [3.05, 3.63) is 70.0 Å². The number of rotatable bonds is 4. The molecule has 4 aromatic rings. The monoisotopic (exact) mass is 491 g/mol. The van der Waals surface area contributed by atoms with Crippen molar-refractivity contribution in [3.63, 3.8) is 0 Å². The highest BCUT2D eigenvalue weighted by Gasteiger charge is 2.36. The molecule has 2 aromatic heterocycles. The number of aryl methyl sites for hydroxylation is 2. The van der Waals surface area contributed by atoms with E-state index in [-0.39, 0.29) is 17.1 Å². The first-order valence-corrected chi connectivity index (χ1v) is 11.4. The van der Waals surface area contributed by atoms with Crippen LogP contribution in [0.25, 0.3) is 22.2 Å². The number of anilines is 2. The number of nitrogens with zero attached hydrogens (tertiary/aromatic N) is 3. The second-order valence-corrected chi connectivity index (χ2v) is 8.95. The van der Waals surface area contributed by atoms with Gasteiger partial charge in [0.25, 0.3) is 0 Å². The van der Waals surface area contributed by atoms with Crippen LogP contribution in [0.2, 0.25) is 0 Å². The average molecular weight is 492 g/mol. The third-order valence-corrected chi connectivity index (χ3v) is 6.70. The molecular weight excluding hydrogens is 467 g/mol. The van der Waals surface area contributed by atoms with Crippen LogP contribution in [0, 0.1) is 10.8 Å².